The molecule has 0 bridgehead atoms. The smallest absolute Gasteiger partial charge is 0.236 e. The van der Waals surface area contributed by atoms with E-state index in [4.69, 9.17) is 0 Å². The number of likely N-dealkylation sites (N-methyl/N-ethyl adjacent to an activating group) is 1. The second kappa shape index (κ2) is 7.95. The Morgan fingerprint density at radius 3 is 2.74 bits per heavy atom. The van der Waals surface area contributed by atoms with Gasteiger partial charge in [0.05, 0.1) is 6.54 Å². The van der Waals surface area contributed by atoms with Gasteiger partial charge in [0.2, 0.25) is 5.91 Å². The molecule has 1 amide bonds. The van der Waals surface area contributed by atoms with Crippen LogP contribution in [0.15, 0.2) is 34.9 Å². The van der Waals surface area contributed by atoms with Crippen LogP contribution in [0, 0.1) is 0 Å². The molecule has 1 aliphatic rings. The third kappa shape index (κ3) is 4.67. The van der Waals surface area contributed by atoms with Gasteiger partial charge in [-0.25, -0.2) is 0 Å². The first kappa shape index (κ1) is 15.7. The van der Waals surface area contributed by atoms with E-state index in [0.717, 1.165) is 25.9 Å². The molecule has 1 rings (SSSR count). The highest BCUT2D eigenvalue weighted by Crippen LogP contribution is 2.19. The third-order valence-corrected chi connectivity index (χ3v) is 3.59. The molecule has 0 atom stereocenters. The zero-order chi connectivity index (χ0) is 14.3. The number of amides is 1. The first-order valence-corrected chi connectivity index (χ1v) is 7.06. The second-order valence-electron chi connectivity index (χ2n) is 4.95. The molecule has 1 N–H and O–H groups in total. The molecular formula is C16H26N2O. The van der Waals surface area contributed by atoms with Crippen molar-refractivity contribution in [3.63, 3.8) is 0 Å². The maximum atomic E-state index is 11.8. The summed E-state index contributed by atoms with van der Waals surface area (Å²) in [5.41, 5.74) is 4.04. The van der Waals surface area contributed by atoms with Crippen molar-refractivity contribution in [3.05, 3.63) is 34.9 Å². The summed E-state index contributed by atoms with van der Waals surface area (Å²) in [6.07, 6.45) is 8.58. The molecule has 0 aromatic heterocycles. The number of rotatable bonds is 5. The second-order valence-corrected chi connectivity index (χ2v) is 4.95. The Labute approximate surface area is 117 Å². The highest BCUT2D eigenvalue weighted by Gasteiger charge is 2.18. The third-order valence-electron chi connectivity index (χ3n) is 3.59. The molecule has 106 valence electrons. The molecule has 19 heavy (non-hydrogen) atoms. The minimum atomic E-state index is 0.188. The van der Waals surface area contributed by atoms with Crippen LogP contribution in [0.1, 0.15) is 33.6 Å². The van der Waals surface area contributed by atoms with E-state index in [2.05, 4.69) is 44.3 Å². The van der Waals surface area contributed by atoms with Gasteiger partial charge in [-0.1, -0.05) is 36.3 Å². The van der Waals surface area contributed by atoms with E-state index in [1.54, 1.807) is 0 Å². The van der Waals surface area contributed by atoms with Crippen molar-refractivity contribution in [1.82, 2.24) is 10.2 Å². The lowest BCUT2D eigenvalue weighted by Gasteiger charge is -2.29. The lowest BCUT2D eigenvalue weighted by molar-refractivity contribution is -0.129. The standard InChI is InChI=1S/C16H26N2O/c1-5-14(6-2)7-8-15-9-10-18(12-13(15)3)16(19)11-17-4/h5,7-8,17H,6,9-12H2,1-4H3/b8-7-,14-5-. The molecule has 0 fully saturated rings. The summed E-state index contributed by atoms with van der Waals surface area (Å²) in [6, 6.07) is 0. The average Bonchev–Trinajstić information content (AvgIpc) is 2.41. The zero-order valence-electron chi connectivity index (χ0n) is 12.6. The van der Waals surface area contributed by atoms with Crippen molar-refractivity contribution < 1.29 is 4.79 Å². The van der Waals surface area contributed by atoms with Crippen LogP contribution in [0.3, 0.4) is 0 Å². The van der Waals surface area contributed by atoms with Gasteiger partial charge in [0.1, 0.15) is 0 Å². The van der Waals surface area contributed by atoms with E-state index in [1.807, 2.05) is 11.9 Å². The molecule has 3 nitrogen and oxygen atoms in total. The Balaban J connectivity index is 2.68. The predicted octanol–water partition coefficient (Wildman–Crippen LogP) is 2.67. The molecule has 0 saturated heterocycles. The molecule has 0 radical (unpaired) electrons. The number of carbonyl (C=O) groups is 1. The fourth-order valence-electron chi connectivity index (χ4n) is 2.26. The number of carbonyl (C=O) groups excluding carboxylic acids is 1. The van der Waals surface area contributed by atoms with Gasteiger partial charge in [0, 0.05) is 13.1 Å². The zero-order valence-corrected chi connectivity index (χ0v) is 12.6. The highest BCUT2D eigenvalue weighted by atomic mass is 16.2. The van der Waals surface area contributed by atoms with Crippen molar-refractivity contribution in [1.29, 1.82) is 0 Å². The maximum absolute atomic E-state index is 11.8. The van der Waals surface area contributed by atoms with Gasteiger partial charge in [-0.05, 0) is 39.3 Å². The Hall–Kier alpha value is -1.35. The number of nitrogens with zero attached hydrogens (tertiary/aromatic N) is 1. The van der Waals surface area contributed by atoms with Crippen molar-refractivity contribution in [2.75, 3.05) is 26.7 Å². The molecule has 1 heterocycles. The van der Waals surface area contributed by atoms with E-state index >= 15 is 0 Å². The van der Waals surface area contributed by atoms with Crippen LogP contribution in [-0.2, 0) is 4.79 Å². The summed E-state index contributed by atoms with van der Waals surface area (Å²) < 4.78 is 0. The van der Waals surface area contributed by atoms with Gasteiger partial charge in [-0.3, -0.25) is 4.79 Å². The number of hydrogen-bond donors (Lipinski definition) is 1. The van der Waals surface area contributed by atoms with E-state index in [-0.39, 0.29) is 5.91 Å². The van der Waals surface area contributed by atoms with Crippen molar-refractivity contribution in [2.24, 2.45) is 0 Å². The van der Waals surface area contributed by atoms with Crippen LogP contribution < -0.4 is 5.32 Å². The summed E-state index contributed by atoms with van der Waals surface area (Å²) in [7, 11) is 1.81. The maximum Gasteiger partial charge on any atom is 0.236 e. The van der Waals surface area contributed by atoms with Crippen LogP contribution in [0.2, 0.25) is 0 Å². The summed E-state index contributed by atoms with van der Waals surface area (Å²) in [5, 5.41) is 2.92. The fraction of sp³-hybridized carbons (Fsp3) is 0.562. The summed E-state index contributed by atoms with van der Waals surface area (Å²) in [5.74, 6) is 0.188. The monoisotopic (exact) mass is 262 g/mol. The largest absolute Gasteiger partial charge is 0.337 e. The molecule has 0 aromatic rings. The van der Waals surface area contributed by atoms with Crippen LogP contribution in [0.25, 0.3) is 0 Å². The molecule has 1 aliphatic heterocycles. The van der Waals surface area contributed by atoms with E-state index in [1.165, 1.54) is 16.7 Å². The minimum Gasteiger partial charge on any atom is -0.337 e. The Kier molecular flexibility index (Phi) is 6.57. The van der Waals surface area contributed by atoms with Crippen molar-refractivity contribution in [2.45, 2.75) is 33.6 Å². The lowest BCUT2D eigenvalue weighted by atomic mass is 9.99. The normalized spacial score (nSPS) is 17.5. The summed E-state index contributed by atoms with van der Waals surface area (Å²) in [6.45, 7) is 8.38. The molecule has 0 aromatic carbocycles. The Bertz CT molecular complexity index is 405. The molecule has 3 heteroatoms. The van der Waals surface area contributed by atoms with Crippen LogP contribution in [-0.4, -0.2) is 37.5 Å². The van der Waals surface area contributed by atoms with Crippen molar-refractivity contribution in [3.8, 4) is 0 Å². The van der Waals surface area contributed by atoms with E-state index in [9.17, 15) is 4.79 Å². The Morgan fingerprint density at radius 2 is 2.21 bits per heavy atom. The first-order chi connectivity index (χ1) is 9.12. The van der Waals surface area contributed by atoms with Gasteiger partial charge in [-0.15, -0.1) is 0 Å². The van der Waals surface area contributed by atoms with Crippen LogP contribution in [0.5, 0.6) is 0 Å². The van der Waals surface area contributed by atoms with Gasteiger partial charge in [-0.2, -0.15) is 0 Å². The average molecular weight is 262 g/mol. The van der Waals surface area contributed by atoms with Gasteiger partial charge >= 0.3 is 0 Å². The van der Waals surface area contributed by atoms with Crippen LogP contribution in [0.4, 0.5) is 0 Å². The Morgan fingerprint density at radius 1 is 1.47 bits per heavy atom. The fourth-order valence-corrected chi connectivity index (χ4v) is 2.26. The topological polar surface area (TPSA) is 32.3 Å². The van der Waals surface area contributed by atoms with Gasteiger partial charge < -0.3 is 10.2 Å². The highest BCUT2D eigenvalue weighted by molar-refractivity contribution is 5.78. The minimum absolute atomic E-state index is 0.188. The van der Waals surface area contributed by atoms with E-state index < -0.39 is 0 Å². The first-order valence-electron chi connectivity index (χ1n) is 7.06. The quantitative estimate of drug-likeness (QED) is 0.773. The predicted molar refractivity (Wildman–Crippen MR) is 81.0 cm³/mol. The number of nitrogens with one attached hydrogen (secondary N) is 1. The van der Waals surface area contributed by atoms with Gasteiger partial charge in [0.25, 0.3) is 0 Å². The summed E-state index contributed by atoms with van der Waals surface area (Å²) >= 11 is 0. The molecule has 0 spiro atoms. The molecule has 0 saturated carbocycles. The van der Waals surface area contributed by atoms with Gasteiger partial charge in [0.15, 0.2) is 0 Å². The number of hydrogen-bond acceptors (Lipinski definition) is 2. The molecule has 0 unspecified atom stereocenters. The van der Waals surface area contributed by atoms with Crippen LogP contribution >= 0.6 is 0 Å². The van der Waals surface area contributed by atoms with Crippen molar-refractivity contribution >= 4 is 5.91 Å². The molecule has 0 aliphatic carbocycles. The lowest BCUT2D eigenvalue weighted by Crippen LogP contribution is -2.40. The number of allylic oxidation sites excluding steroid dienone is 4. The summed E-state index contributed by atoms with van der Waals surface area (Å²) in [4.78, 5) is 13.8. The SMILES string of the molecule is C/C=C(\C=C/C1=C(C)CN(C(=O)CNC)CC1)CC. The van der Waals surface area contributed by atoms with E-state index in [0.29, 0.717) is 6.54 Å². The molecular weight excluding hydrogens is 236 g/mol.